The van der Waals surface area contributed by atoms with E-state index in [4.69, 9.17) is 4.42 Å². The molecule has 2 fully saturated rings. The Balaban J connectivity index is 1.34. The molecule has 5 rings (SSSR count). The Morgan fingerprint density at radius 2 is 1.88 bits per heavy atom. The van der Waals surface area contributed by atoms with Crippen LogP contribution in [0.5, 0.6) is 0 Å². The van der Waals surface area contributed by atoms with Crippen LogP contribution >= 0.6 is 0 Å². The maximum absolute atomic E-state index is 13.9. The van der Waals surface area contributed by atoms with Crippen LogP contribution in [0.2, 0.25) is 0 Å². The summed E-state index contributed by atoms with van der Waals surface area (Å²) in [4.78, 5) is 6.77. The molecule has 1 aromatic carbocycles. The van der Waals surface area contributed by atoms with Crippen molar-refractivity contribution in [1.29, 1.82) is 0 Å². The Kier molecular flexibility index (Phi) is 5.99. The van der Waals surface area contributed by atoms with Crippen molar-refractivity contribution in [3.05, 3.63) is 34.9 Å². The summed E-state index contributed by atoms with van der Waals surface area (Å²) in [5, 5.41) is 11.7. The molecule has 0 spiro atoms. The molecule has 9 heteroatoms. The molecule has 33 heavy (non-hydrogen) atoms. The van der Waals surface area contributed by atoms with Gasteiger partial charge in [0.15, 0.2) is 0 Å². The van der Waals surface area contributed by atoms with E-state index in [9.17, 15) is 13.2 Å². The zero-order valence-corrected chi connectivity index (χ0v) is 18.7. The zero-order valence-electron chi connectivity index (χ0n) is 18.7. The average molecular weight is 460 g/mol. The van der Waals surface area contributed by atoms with Gasteiger partial charge in [-0.25, -0.2) is 4.98 Å². The van der Waals surface area contributed by atoms with Gasteiger partial charge < -0.3 is 14.6 Å². The first kappa shape index (κ1) is 22.1. The van der Waals surface area contributed by atoms with Gasteiger partial charge >= 0.3 is 12.2 Å². The largest absolute Gasteiger partial charge is 0.418 e. The summed E-state index contributed by atoms with van der Waals surface area (Å²) in [5.41, 5.74) is 0.913. The molecule has 0 bridgehead atoms. The number of likely N-dealkylation sites (tertiary alicyclic amines) is 1. The normalized spacial score (nSPS) is 17.6. The number of halogens is 3. The Labute approximate surface area is 190 Å². The minimum atomic E-state index is -4.49. The highest BCUT2D eigenvalue weighted by Gasteiger charge is 2.36. The summed E-state index contributed by atoms with van der Waals surface area (Å²) in [6, 6.07) is 5.06. The van der Waals surface area contributed by atoms with E-state index in [1.54, 1.807) is 13.0 Å². The lowest BCUT2D eigenvalue weighted by atomic mass is 9.98. The number of fused-ring (bicyclic) bond motifs is 1. The minimum absolute atomic E-state index is 0.0730. The topological polar surface area (TPSA) is 67.1 Å². The van der Waals surface area contributed by atoms with Crippen molar-refractivity contribution < 1.29 is 17.6 Å². The third kappa shape index (κ3) is 4.98. The zero-order chi connectivity index (χ0) is 23.0. The van der Waals surface area contributed by atoms with E-state index in [1.807, 2.05) is 6.07 Å². The van der Waals surface area contributed by atoms with Crippen LogP contribution in [0.25, 0.3) is 22.5 Å². The molecule has 1 aliphatic heterocycles. The van der Waals surface area contributed by atoms with Gasteiger partial charge in [0.05, 0.1) is 11.1 Å². The molecule has 2 aliphatic rings. The molecular formula is C24H28F3N5O. The second-order valence-corrected chi connectivity index (χ2v) is 9.16. The maximum Gasteiger partial charge on any atom is 0.418 e. The van der Waals surface area contributed by atoms with Crippen molar-refractivity contribution in [3.63, 3.8) is 0 Å². The van der Waals surface area contributed by atoms with Crippen LogP contribution < -0.4 is 5.32 Å². The summed E-state index contributed by atoms with van der Waals surface area (Å²) < 4.78 is 47.2. The van der Waals surface area contributed by atoms with Gasteiger partial charge in [-0.2, -0.15) is 13.2 Å². The first-order valence-corrected chi connectivity index (χ1v) is 11.7. The van der Waals surface area contributed by atoms with E-state index < -0.39 is 11.7 Å². The summed E-state index contributed by atoms with van der Waals surface area (Å²) >= 11 is 0. The van der Waals surface area contributed by atoms with Crippen LogP contribution in [0, 0.1) is 6.92 Å². The number of hydrogen-bond acceptors (Lipinski definition) is 6. The number of rotatable bonds is 7. The number of pyridine rings is 1. The Bertz CT molecular complexity index is 1130. The lowest BCUT2D eigenvalue weighted by molar-refractivity contribution is -0.136. The SMILES string of the molecule is Cc1cc(-c2nnc(NCCCN3CCCCC3)o2)nc2c(C(F)(F)F)cc(C3CC3)cc12. The van der Waals surface area contributed by atoms with Gasteiger partial charge in [0.25, 0.3) is 5.89 Å². The number of piperidine rings is 1. The minimum Gasteiger partial charge on any atom is -0.402 e. The number of alkyl halides is 3. The van der Waals surface area contributed by atoms with Crippen LogP contribution in [-0.4, -0.2) is 46.3 Å². The van der Waals surface area contributed by atoms with Crippen LogP contribution in [0.1, 0.15) is 61.1 Å². The molecule has 0 amide bonds. The van der Waals surface area contributed by atoms with Crippen molar-refractivity contribution in [1.82, 2.24) is 20.1 Å². The number of anilines is 1. The van der Waals surface area contributed by atoms with E-state index in [0.29, 0.717) is 17.5 Å². The third-order valence-corrected chi connectivity index (χ3v) is 6.52. The van der Waals surface area contributed by atoms with Crippen LogP contribution in [0.3, 0.4) is 0 Å². The highest BCUT2D eigenvalue weighted by molar-refractivity contribution is 5.88. The van der Waals surface area contributed by atoms with Crippen molar-refractivity contribution in [3.8, 4) is 11.6 Å². The van der Waals surface area contributed by atoms with Crippen LogP contribution in [0.15, 0.2) is 22.6 Å². The van der Waals surface area contributed by atoms with E-state index >= 15 is 0 Å². The Morgan fingerprint density at radius 3 is 2.61 bits per heavy atom. The second-order valence-electron chi connectivity index (χ2n) is 9.16. The quantitative estimate of drug-likeness (QED) is 0.452. The molecule has 1 saturated carbocycles. The van der Waals surface area contributed by atoms with Gasteiger partial charge in [0.1, 0.15) is 5.69 Å². The van der Waals surface area contributed by atoms with Gasteiger partial charge in [-0.1, -0.05) is 11.5 Å². The number of nitrogens with one attached hydrogen (secondary N) is 1. The van der Waals surface area contributed by atoms with E-state index in [-0.39, 0.29) is 29.0 Å². The Morgan fingerprint density at radius 1 is 1.09 bits per heavy atom. The molecular weight excluding hydrogens is 431 g/mol. The molecule has 3 aromatic rings. The highest BCUT2D eigenvalue weighted by Crippen LogP contribution is 2.45. The predicted octanol–water partition coefficient (Wildman–Crippen LogP) is 5.78. The van der Waals surface area contributed by atoms with Gasteiger partial charge in [-0.3, -0.25) is 0 Å². The number of hydrogen-bond donors (Lipinski definition) is 1. The number of nitrogens with zero attached hydrogens (tertiary/aromatic N) is 4. The standard InChI is InChI=1S/C24H28F3N5O/c1-15-12-20(22-30-31-23(33-22)28-8-5-11-32-9-3-2-4-10-32)29-21-18(15)13-17(16-6-7-16)14-19(21)24(25,26)27/h12-14,16H,2-11H2,1H3,(H,28,31). The average Bonchev–Trinajstić information content (AvgIpc) is 3.54. The fourth-order valence-corrected chi connectivity index (χ4v) is 4.57. The number of aryl methyl sites for hydroxylation is 1. The van der Waals surface area contributed by atoms with Gasteiger partial charge in [-0.15, -0.1) is 5.10 Å². The monoisotopic (exact) mass is 459 g/mol. The molecule has 1 aliphatic carbocycles. The van der Waals surface area contributed by atoms with E-state index in [2.05, 4.69) is 25.4 Å². The number of benzene rings is 1. The molecule has 0 unspecified atom stereocenters. The molecule has 176 valence electrons. The van der Waals surface area contributed by atoms with E-state index in [1.165, 1.54) is 25.3 Å². The van der Waals surface area contributed by atoms with Gasteiger partial charge in [-0.05, 0) is 93.9 Å². The van der Waals surface area contributed by atoms with Crippen molar-refractivity contribution >= 4 is 16.9 Å². The van der Waals surface area contributed by atoms with Gasteiger partial charge in [0, 0.05) is 11.9 Å². The smallest absolute Gasteiger partial charge is 0.402 e. The molecule has 1 N–H and O–H groups in total. The summed E-state index contributed by atoms with van der Waals surface area (Å²) in [7, 11) is 0. The lowest BCUT2D eigenvalue weighted by Gasteiger charge is -2.26. The molecule has 0 radical (unpaired) electrons. The number of aromatic nitrogens is 3. The Hall–Kier alpha value is -2.68. The second kappa shape index (κ2) is 8.93. The highest BCUT2D eigenvalue weighted by atomic mass is 19.4. The molecule has 3 heterocycles. The predicted molar refractivity (Wildman–Crippen MR) is 120 cm³/mol. The molecule has 6 nitrogen and oxygen atoms in total. The lowest BCUT2D eigenvalue weighted by Crippen LogP contribution is -2.31. The van der Waals surface area contributed by atoms with Crippen molar-refractivity contribution in [2.45, 2.75) is 57.5 Å². The fraction of sp³-hybridized carbons (Fsp3) is 0.542. The van der Waals surface area contributed by atoms with Gasteiger partial charge in [0.2, 0.25) is 0 Å². The maximum atomic E-state index is 13.9. The summed E-state index contributed by atoms with van der Waals surface area (Å²) in [6.07, 6.45) is 2.16. The van der Waals surface area contributed by atoms with Crippen molar-refractivity contribution in [2.75, 3.05) is 31.5 Å². The summed E-state index contributed by atoms with van der Waals surface area (Å²) in [5.74, 6) is 0.326. The van der Waals surface area contributed by atoms with E-state index in [0.717, 1.165) is 44.5 Å². The molecule has 2 aromatic heterocycles. The van der Waals surface area contributed by atoms with Crippen LogP contribution in [0.4, 0.5) is 19.2 Å². The first-order chi connectivity index (χ1) is 15.9. The third-order valence-electron chi connectivity index (χ3n) is 6.52. The molecule has 0 atom stereocenters. The van der Waals surface area contributed by atoms with Crippen molar-refractivity contribution in [2.24, 2.45) is 0 Å². The molecule has 1 saturated heterocycles. The fourth-order valence-electron chi connectivity index (χ4n) is 4.57. The summed E-state index contributed by atoms with van der Waals surface area (Å²) in [6.45, 7) is 5.80. The van der Waals surface area contributed by atoms with Crippen LogP contribution in [-0.2, 0) is 6.18 Å². The first-order valence-electron chi connectivity index (χ1n) is 11.7.